The second-order valence-corrected chi connectivity index (χ2v) is 4.39. The number of carbonyl (C=O) groups is 1. The minimum atomic E-state index is -0.103. The highest BCUT2D eigenvalue weighted by Crippen LogP contribution is 2.21. The monoisotopic (exact) mass is 213 g/mol. The average Bonchev–Trinajstić information content (AvgIpc) is 2.48. The molecule has 1 fully saturated rings. The van der Waals surface area contributed by atoms with Crippen LogP contribution in [0.2, 0.25) is 0 Å². The summed E-state index contributed by atoms with van der Waals surface area (Å²) in [4.78, 5) is 11.7. The number of hydrogen-bond acceptors (Lipinski definition) is 3. The van der Waals surface area contributed by atoms with Crippen molar-refractivity contribution in [3.05, 3.63) is 0 Å². The Hall–Kier alpha value is -0.570. The predicted molar refractivity (Wildman–Crippen MR) is 60.4 cm³/mol. The van der Waals surface area contributed by atoms with Crippen LogP contribution in [-0.4, -0.2) is 18.6 Å². The highest BCUT2D eigenvalue weighted by Gasteiger charge is 2.21. The fraction of sp³-hybridized carbons (Fsp3) is 0.917. The third-order valence-electron chi connectivity index (χ3n) is 3.20. The van der Waals surface area contributed by atoms with Crippen LogP contribution in [0.15, 0.2) is 0 Å². The molecule has 0 bridgehead atoms. The number of ether oxygens (including phenoxy) is 1. The molecule has 88 valence electrons. The molecule has 0 amide bonds. The van der Waals surface area contributed by atoms with Crippen LogP contribution in [0, 0.1) is 5.92 Å². The van der Waals surface area contributed by atoms with Crippen molar-refractivity contribution in [3.63, 3.8) is 0 Å². The lowest BCUT2D eigenvalue weighted by Crippen LogP contribution is -2.28. The molecule has 3 nitrogen and oxygen atoms in total. The molecule has 1 saturated carbocycles. The molecular formula is C12H23NO2. The maximum absolute atomic E-state index is 11.7. The van der Waals surface area contributed by atoms with Gasteiger partial charge < -0.3 is 10.5 Å². The van der Waals surface area contributed by atoms with E-state index in [0.717, 1.165) is 19.3 Å². The first kappa shape index (κ1) is 12.5. The lowest BCUT2D eigenvalue weighted by molar-refractivity contribution is -0.154. The standard InChI is InChI=1S/C12H23NO2/c1-2-10(9-13)12(14)15-11-7-5-3-4-6-8-11/h10-11H,2-9,13H2,1H3. The first-order chi connectivity index (χ1) is 7.27. The normalized spacial score (nSPS) is 20.7. The van der Waals surface area contributed by atoms with Crippen molar-refractivity contribution in [2.24, 2.45) is 11.7 Å². The van der Waals surface area contributed by atoms with Gasteiger partial charge >= 0.3 is 5.97 Å². The van der Waals surface area contributed by atoms with E-state index in [1.807, 2.05) is 6.92 Å². The number of carbonyl (C=O) groups excluding carboxylic acids is 1. The predicted octanol–water partition coefficient (Wildman–Crippen LogP) is 2.24. The van der Waals surface area contributed by atoms with Crippen molar-refractivity contribution in [1.82, 2.24) is 0 Å². The quantitative estimate of drug-likeness (QED) is 0.575. The van der Waals surface area contributed by atoms with Crippen molar-refractivity contribution in [3.8, 4) is 0 Å². The van der Waals surface area contributed by atoms with Crippen LogP contribution in [0.1, 0.15) is 51.9 Å². The van der Waals surface area contributed by atoms with Gasteiger partial charge in [0, 0.05) is 6.54 Å². The van der Waals surface area contributed by atoms with Crippen molar-refractivity contribution in [2.75, 3.05) is 6.54 Å². The summed E-state index contributed by atoms with van der Waals surface area (Å²) in [5, 5.41) is 0. The lowest BCUT2D eigenvalue weighted by atomic mass is 10.1. The second kappa shape index (κ2) is 6.83. The fourth-order valence-corrected chi connectivity index (χ4v) is 2.05. The summed E-state index contributed by atoms with van der Waals surface area (Å²) in [6.07, 6.45) is 7.95. The summed E-state index contributed by atoms with van der Waals surface area (Å²) in [5.41, 5.74) is 5.52. The molecule has 0 saturated heterocycles. The van der Waals surface area contributed by atoms with E-state index < -0.39 is 0 Å². The van der Waals surface area contributed by atoms with Gasteiger partial charge in [0.05, 0.1) is 5.92 Å². The van der Waals surface area contributed by atoms with Gasteiger partial charge in [-0.3, -0.25) is 4.79 Å². The number of hydrogen-bond donors (Lipinski definition) is 1. The first-order valence-electron chi connectivity index (χ1n) is 6.18. The Morgan fingerprint density at radius 3 is 2.40 bits per heavy atom. The molecule has 0 aromatic rings. The SMILES string of the molecule is CCC(CN)C(=O)OC1CCCCCC1. The van der Waals surface area contributed by atoms with E-state index in [0.29, 0.717) is 6.54 Å². The Balaban J connectivity index is 2.34. The molecule has 0 aliphatic heterocycles. The van der Waals surface area contributed by atoms with Gasteiger partial charge in [0.15, 0.2) is 0 Å². The van der Waals surface area contributed by atoms with E-state index in [1.165, 1.54) is 25.7 Å². The molecule has 0 heterocycles. The van der Waals surface area contributed by atoms with E-state index in [9.17, 15) is 4.79 Å². The largest absolute Gasteiger partial charge is 0.462 e. The molecule has 0 spiro atoms. The van der Waals surface area contributed by atoms with E-state index in [-0.39, 0.29) is 18.0 Å². The summed E-state index contributed by atoms with van der Waals surface area (Å²) < 4.78 is 5.50. The van der Waals surface area contributed by atoms with Gasteiger partial charge in [0.1, 0.15) is 6.10 Å². The zero-order valence-electron chi connectivity index (χ0n) is 9.71. The van der Waals surface area contributed by atoms with Crippen LogP contribution in [0.5, 0.6) is 0 Å². The minimum Gasteiger partial charge on any atom is -0.462 e. The second-order valence-electron chi connectivity index (χ2n) is 4.39. The Kier molecular flexibility index (Phi) is 5.69. The minimum absolute atomic E-state index is 0.0908. The molecular weight excluding hydrogens is 190 g/mol. The lowest BCUT2D eigenvalue weighted by Gasteiger charge is -2.19. The van der Waals surface area contributed by atoms with E-state index >= 15 is 0 Å². The number of rotatable bonds is 4. The highest BCUT2D eigenvalue weighted by molar-refractivity contribution is 5.72. The Labute approximate surface area is 92.4 Å². The van der Waals surface area contributed by atoms with Gasteiger partial charge in [0.2, 0.25) is 0 Å². The number of esters is 1. The van der Waals surface area contributed by atoms with Crippen molar-refractivity contribution in [2.45, 2.75) is 58.0 Å². The van der Waals surface area contributed by atoms with Crippen LogP contribution in [0.25, 0.3) is 0 Å². The summed E-state index contributed by atoms with van der Waals surface area (Å²) in [5.74, 6) is -0.194. The van der Waals surface area contributed by atoms with Crippen molar-refractivity contribution < 1.29 is 9.53 Å². The van der Waals surface area contributed by atoms with Gasteiger partial charge in [-0.1, -0.05) is 19.8 Å². The maximum atomic E-state index is 11.7. The van der Waals surface area contributed by atoms with Gasteiger partial charge in [-0.05, 0) is 32.1 Å². The summed E-state index contributed by atoms with van der Waals surface area (Å²) in [6, 6.07) is 0. The molecule has 1 aliphatic rings. The van der Waals surface area contributed by atoms with E-state index in [2.05, 4.69) is 0 Å². The smallest absolute Gasteiger partial charge is 0.310 e. The molecule has 0 radical (unpaired) electrons. The van der Waals surface area contributed by atoms with Gasteiger partial charge in [-0.15, -0.1) is 0 Å². The molecule has 3 heteroatoms. The summed E-state index contributed by atoms with van der Waals surface area (Å²) in [7, 11) is 0. The van der Waals surface area contributed by atoms with Crippen LogP contribution in [-0.2, 0) is 9.53 Å². The fourth-order valence-electron chi connectivity index (χ4n) is 2.05. The average molecular weight is 213 g/mol. The highest BCUT2D eigenvalue weighted by atomic mass is 16.5. The van der Waals surface area contributed by atoms with Crippen LogP contribution in [0.3, 0.4) is 0 Å². The molecule has 2 N–H and O–H groups in total. The van der Waals surface area contributed by atoms with Gasteiger partial charge in [-0.25, -0.2) is 0 Å². The topological polar surface area (TPSA) is 52.3 Å². The molecule has 0 aromatic heterocycles. The van der Waals surface area contributed by atoms with Gasteiger partial charge in [0.25, 0.3) is 0 Å². The molecule has 1 rings (SSSR count). The Morgan fingerprint density at radius 2 is 1.93 bits per heavy atom. The third kappa shape index (κ3) is 4.20. The van der Waals surface area contributed by atoms with E-state index in [4.69, 9.17) is 10.5 Å². The molecule has 1 unspecified atom stereocenters. The van der Waals surface area contributed by atoms with E-state index in [1.54, 1.807) is 0 Å². The van der Waals surface area contributed by atoms with Crippen molar-refractivity contribution >= 4 is 5.97 Å². The first-order valence-corrected chi connectivity index (χ1v) is 6.18. The van der Waals surface area contributed by atoms with Gasteiger partial charge in [-0.2, -0.15) is 0 Å². The van der Waals surface area contributed by atoms with Crippen molar-refractivity contribution in [1.29, 1.82) is 0 Å². The van der Waals surface area contributed by atoms with Crippen LogP contribution in [0.4, 0.5) is 0 Å². The summed E-state index contributed by atoms with van der Waals surface area (Å²) in [6.45, 7) is 2.38. The van der Waals surface area contributed by atoms with Crippen LogP contribution < -0.4 is 5.73 Å². The number of nitrogens with two attached hydrogens (primary N) is 1. The zero-order chi connectivity index (χ0) is 11.1. The zero-order valence-corrected chi connectivity index (χ0v) is 9.71. The van der Waals surface area contributed by atoms with Crippen LogP contribution >= 0.6 is 0 Å². The Morgan fingerprint density at radius 1 is 1.33 bits per heavy atom. The molecule has 15 heavy (non-hydrogen) atoms. The molecule has 1 aliphatic carbocycles. The third-order valence-corrected chi connectivity index (χ3v) is 3.20. The maximum Gasteiger partial charge on any atom is 0.310 e. The molecule has 1 atom stereocenters. The summed E-state index contributed by atoms with van der Waals surface area (Å²) >= 11 is 0. The Bertz CT molecular complexity index is 182. The molecule has 0 aromatic carbocycles.